The van der Waals surface area contributed by atoms with Crippen LogP contribution in [-0.2, 0) is 10.0 Å². The number of nitrogens with zero attached hydrogens (tertiary/aromatic N) is 3. The summed E-state index contributed by atoms with van der Waals surface area (Å²) in [6.45, 7) is 2.19. The van der Waals surface area contributed by atoms with Crippen LogP contribution in [0, 0.1) is 0 Å². The van der Waals surface area contributed by atoms with E-state index in [1.807, 2.05) is 6.07 Å². The molecule has 1 aromatic heterocycles. The molecule has 0 saturated carbocycles. The molecule has 1 amide bonds. The van der Waals surface area contributed by atoms with Gasteiger partial charge in [0.05, 0.1) is 11.4 Å². The minimum absolute atomic E-state index is 0.110. The summed E-state index contributed by atoms with van der Waals surface area (Å²) in [5, 5.41) is 0. The number of hydrogen-bond acceptors (Lipinski definition) is 5. The Bertz CT molecular complexity index is 990. The first-order valence-corrected chi connectivity index (χ1v) is 12.3. The molecule has 9 heteroatoms. The number of ether oxygens (including phenoxy) is 1. The zero-order chi connectivity index (χ0) is 21.1. The first kappa shape index (κ1) is 21.3. The van der Waals surface area contributed by atoms with Gasteiger partial charge in [0, 0.05) is 48.4 Å². The minimum Gasteiger partial charge on any atom is -0.472 e. The molecule has 4 rings (SSSR count). The van der Waals surface area contributed by atoms with E-state index >= 15 is 0 Å². The Morgan fingerprint density at radius 1 is 1.03 bits per heavy atom. The number of benzene rings is 1. The third-order valence-electron chi connectivity index (χ3n) is 5.47. The predicted molar refractivity (Wildman–Crippen MR) is 116 cm³/mol. The lowest BCUT2D eigenvalue weighted by Gasteiger charge is -2.26. The van der Waals surface area contributed by atoms with E-state index in [0.29, 0.717) is 37.6 Å². The summed E-state index contributed by atoms with van der Waals surface area (Å²) in [7, 11) is -3.49. The Balaban J connectivity index is 1.38. The molecule has 3 heterocycles. The van der Waals surface area contributed by atoms with E-state index in [1.54, 1.807) is 29.3 Å². The number of piperidine rings is 1. The van der Waals surface area contributed by atoms with Gasteiger partial charge in [-0.15, -0.1) is 0 Å². The Morgan fingerprint density at radius 3 is 2.43 bits per heavy atom. The van der Waals surface area contributed by atoms with Gasteiger partial charge in [-0.05, 0) is 59.1 Å². The molecule has 2 aromatic rings. The van der Waals surface area contributed by atoms with E-state index in [2.05, 4.69) is 20.9 Å². The first-order valence-electron chi connectivity index (χ1n) is 10.1. The molecule has 0 aliphatic carbocycles. The molecule has 2 fully saturated rings. The average Bonchev–Trinajstić information content (AvgIpc) is 3.24. The van der Waals surface area contributed by atoms with Crippen molar-refractivity contribution in [2.45, 2.75) is 36.7 Å². The molecule has 0 radical (unpaired) electrons. The van der Waals surface area contributed by atoms with Crippen molar-refractivity contribution in [1.29, 1.82) is 0 Å². The second kappa shape index (κ2) is 9.03. The van der Waals surface area contributed by atoms with E-state index in [-0.39, 0.29) is 16.9 Å². The lowest BCUT2D eigenvalue weighted by molar-refractivity contribution is 0.0771. The zero-order valence-corrected chi connectivity index (χ0v) is 18.9. The van der Waals surface area contributed by atoms with Crippen molar-refractivity contribution < 1.29 is 17.9 Å². The highest BCUT2D eigenvalue weighted by Crippen LogP contribution is 2.23. The number of carbonyl (C=O) groups excluding carboxylic acids is 1. The fraction of sp³-hybridized carbons (Fsp3) is 0.429. The van der Waals surface area contributed by atoms with Crippen molar-refractivity contribution in [3.8, 4) is 5.88 Å². The summed E-state index contributed by atoms with van der Waals surface area (Å²) >= 11 is 3.34. The minimum atomic E-state index is -3.49. The Morgan fingerprint density at radius 2 is 1.77 bits per heavy atom. The maximum Gasteiger partial charge on any atom is 0.253 e. The monoisotopic (exact) mass is 493 g/mol. The van der Waals surface area contributed by atoms with Crippen LogP contribution >= 0.6 is 15.9 Å². The molecule has 30 heavy (non-hydrogen) atoms. The predicted octanol–water partition coefficient (Wildman–Crippen LogP) is 3.31. The zero-order valence-electron chi connectivity index (χ0n) is 16.5. The van der Waals surface area contributed by atoms with Crippen molar-refractivity contribution in [1.82, 2.24) is 14.2 Å². The molecule has 0 bridgehead atoms. The molecule has 0 spiro atoms. The van der Waals surface area contributed by atoms with E-state index in [9.17, 15) is 13.2 Å². The van der Waals surface area contributed by atoms with Crippen molar-refractivity contribution in [3.05, 3.63) is 52.6 Å². The van der Waals surface area contributed by atoms with Gasteiger partial charge in [-0.2, -0.15) is 4.31 Å². The summed E-state index contributed by atoms with van der Waals surface area (Å²) in [5.41, 5.74) is 0.481. The second-order valence-electron chi connectivity index (χ2n) is 7.58. The molecule has 1 atom stereocenters. The van der Waals surface area contributed by atoms with Crippen molar-refractivity contribution in [3.63, 3.8) is 0 Å². The molecule has 0 N–H and O–H groups in total. The van der Waals surface area contributed by atoms with Gasteiger partial charge in [-0.25, -0.2) is 13.4 Å². The highest BCUT2D eigenvalue weighted by atomic mass is 79.9. The van der Waals surface area contributed by atoms with Crippen LogP contribution < -0.4 is 4.74 Å². The van der Waals surface area contributed by atoms with Crippen LogP contribution in [0.4, 0.5) is 0 Å². The topological polar surface area (TPSA) is 79.8 Å². The maximum atomic E-state index is 12.8. The first-order chi connectivity index (χ1) is 14.4. The number of likely N-dealkylation sites (tertiary alicyclic amines) is 1. The molecule has 7 nitrogen and oxygen atoms in total. The van der Waals surface area contributed by atoms with Crippen LogP contribution in [0.5, 0.6) is 5.88 Å². The summed E-state index contributed by atoms with van der Waals surface area (Å²) in [6, 6.07) is 9.92. The highest BCUT2D eigenvalue weighted by Gasteiger charge is 2.30. The standard InChI is InChI=1S/C21H24BrN3O4S/c22-17-6-9-20(23-14-17)29-18-10-13-24(15-18)21(26)16-4-7-19(8-5-16)30(27,28)25-11-2-1-3-12-25/h4-9,14,18H,1-3,10-13,15H2. The quantitative estimate of drug-likeness (QED) is 0.638. The number of amides is 1. The molecule has 1 unspecified atom stereocenters. The number of hydrogen-bond donors (Lipinski definition) is 0. The van der Waals surface area contributed by atoms with E-state index < -0.39 is 10.0 Å². The maximum absolute atomic E-state index is 12.8. The van der Waals surface area contributed by atoms with Gasteiger partial charge in [0.1, 0.15) is 6.10 Å². The van der Waals surface area contributed by atoms with Gasteiger partial charge >= 0.3 is 0 Å². The van der Waals surface area contributed by atoms with Gasteiger partial charge in [0.2, 0.25) is 15.9 Å². The van der Waals surface area contributed by atoms with Crippen LogP contribution in [0.3, 0.4) is 0 Å². The van der Waals surface area contributed by atoms with Crippen LogP contribution in [0.1, 0.15) is 36.0 Å². The smallest absolute Gasteiger partial charge is 0.253 e. The molecular formula is C21H24BrN3O4S. The number of aromatic nitrogens is 1. The van der Waals surface area contributed by atoms with Crippen molar-refractivity contribution in [2.75, 3.05) is 26.2 Å². The molecular weight excluding hydrogens is 470 g/mol. The number of sulfonamides is 1. The lowest BCUT2D eigenvalue weighted by Crippen LogP contribution is -2.35. The van der Waals surface area contributed by atoms with Gasteiger partial charge in [-0.3, -0.25) is 4.79 Å². The molecule has 2 aliphatic rings. The van der Waals surface area contributed by atoms with Gasteiger partial charge in [0.15, 0.2) is 0 Å². The van der Waals surface area contributed by atoms with Crippen LogP contribution in [0.15, 0.2) is 52.0 Å². The normalized spacial score (nSPS) is 20.3. The number of pyridine rings is 1. The Kier molecular flexibility index (Phi) is 6.40. The molecule has 160 valence electrons. The van der Waals surface area contributed by atoms with Crippen LogP contribution in [-0.4, -0.2) is 60.8 Å². The van der Waals surface area contributed by atoms with Gasteiger partial charge in [-0.1, -0.05) is 6.42 Å². The SMILES string of the molecule is O=C(c1ccc(S(=O)(=O)N2CCCCC2)cc1)N1CCC(Oc2ccc(Br)cn2)C1. The van der Waals surface area contributed by atoms with Crippen molar-refractivity contribution in [2.24, 2.45) is 0 Å². The highest BCUT2D eigenvalue weighted by molar-refractivity contribution is 9.10. The number of rotatable bonds is 5. The number of carbonyl (C=O) groups is 1. The third-order valence-corrected chi connectivity index (χ3v) is 7.86. The van der Waals surface area contributed by atoms with Gasteiger partial charge < -0.3 is 9.64 Å². The lowest BCUT2D eigenvalue weighted by atomic mass is 10.2. The Hall–Kier alpha value is -1.97. The summed E-state index contributed by atoms with van der Waals surface area (Å²) < 4.78 is 33.8. The van der Waals surface area contributed by atoms with E-state index in [1.165, 1.54) is 16.4 Å². The van der Waals surface area contributed by atoms with E-state index in [0.717, 1.165) is 30.2 Å². The molecule has 1 aromatic carbocycles. The van der Waals surface area contributed by atoms with Crippen LogP contribution in [0.25, 0.3) is 0 Å². The van der Waals surface area contributed by atoms with E-state index in [4.69, 9.17) is 4.74 Å². The fourth-order valence-corrected chi connectivity index (χ4v) is 5.57. The largest absolute Gasteiger partial charge is 0.472 e. The Labute approximate surface area is 185 Å². The number of halogens is 1. The van der Waals surface area contributed by atoms with Crippen LogP contribution in [0.2, 0.25) is 0 Å². The average molecular weight is 494 g/mol. The summed E-state index contributed by atoms with van der Waals surface area (Å²) in [4.78, 5) is 19.0. The second-order valence-corrected chi connectivity index (χ2v) is 10.4. The summed E-state index contributed by atoms with van der Waals surface area (Å²) in [6.07, 6.45) is 5.14. The van der Waals surface area contributed by atoms with Gasteiger partial charge in [0.25, 0.3) is 5.91 Å². The molecule has 2 aliphatic heterocycles. The molecule has 2 saturated heterocycles. The third kappa shape index (κ3) is 4.68. The fourth-order valence-electron chi connectivity index (χ4n) is 3.82. The summed E-state index contributed by atoms with van der Waals surface area (Å²) in [5.74, 6) is 0.413. The van der Waals surface area contributed by atoms with Crippen molar-refractivity contribution >= 4 is 31.9 Å².